The number of hydrogen-bond donors (Lipinski definition) is 0. The summed E-state index contributed by atoms with van der Waals surface area (Å²) >= 11 is 0. The second-order valence-corrected chi connectivity index (χ2v) is 1.89. The van der Waals surface area contributed by atoms with Gasteiger partial charge >= 0.3 is 5.69 Å². The molecule has 0 fully saturated rings. The molecule has 0 unspecified atom stereocenters. The van der Waals surface area contributed by atoms with Crippen LogP contribution in [0.25, 0.3) is 0 Å². The summed E-state index contributed by atoms with van der Waals surface area (Å²) in [6, 6.07) is 0. The van der Waals surface area contributed by atoms with E-state index in [0.29, 0.717) is 0 Å². The molecule has 0 spiro atoms. The molecule has 1 rings (SSSR count). The Kier molecular flexibility index (Phi) is 1.59. The smallest absolute Gasteiger partial charge is 0.285 e. The van der Waals surface area contributed by atoms with Gasteiger partial charge in [-0.05, 0) is 0 Å². The van der Waals surface area contributed by atoms with E-state index in [1.54, 1.807) is 7.05 Å². The molecule has 1 heterocycles. The average molecular weight is 137 g/mol. The minimum atomic E-state index is -0.182. The van der Waals surface area contributed by atoms with Crippen molar-refractivity contribution in [2.24, 2.45) is 7.05 Å². The zero-order valence-corrected chi connectivity index (χ0v) is 5.61. The quantitative estimate of drug-likeness (QED) is 0.476. The van der Waals surface area contributed by atoms with E-state index in [0.717, 1.165) is 0 Å². The molecule has 0 aromatic carbocycles. The van der Waals surface area contributed by atoms with E-state index in [2.05, 4.69) is 11.0 Å². The molecule has 0 saturated carbocycles. The fourth-order valence-electron chi connectivity index (χ4n) is 0.616. The van der Waals surface area contributed by atoms with Gasteiger partial charge in [-0.2, -0.15) is 5.10 Å². The van der Waals surface area contributed by atoms with Gasteiger partial charge in [-0.3, -0.25) is 4.57 Å². The van der Waals surface area contributed by atoms with Crippen molar-refractivity contribution in [1.29, 1.82) is 0 Å². The van der Waals surface area contributed by atoms with Gasteiger partial charge in [0.15, 0.2) is 0 Å². The summed E-state index contributed by atoms with van der Waals surface area (Å²) in [5.41, 5.74) is -0.182. The molecule has 52 valence electrons. The van der Waals surface area contributed by atoms with Gasteiger partial charge in [0.2, 0.25) is 0 Å². The third-order valence-electron chi connectivity index (χ3n) is 1.13. The Bertz CT molecular complexity index is 314. The molecule has 0 bridgehead atoms. The van der Waals surface area contributed by atoms with Crippen LogP contribution in [0, 0.1) is 12.3 Å². The molecule has 0 radical (unpaired) electrons. The standard InChI is InChI=1S/C6H7N3O/c1-3-4-9-6(10)8(2)5-7-9/h1,5H,4H2,2H3. The Morgan fingerprint density at radius 2 is 2.60 bits per heavy atom. The maximum atomic E-state index is 10.9. The molecule has 0 aliphatic heterocycles. The molecule has 0 atom stereocenters. The van der Waals surface area contributed by atoms with Crippen molar-refractivity contribution in [3.05, 3.63) is 16.8 Å². The van der Waals surface area contributed by atoms with Gasteiger partial charge in [0.1, 0.15) is 12.9 Å². The van der Waals surface area contributed by atoms with Crippen LogP contribution in [0.5, 0.6) is 0 Å². The van der Waals surface area contributed by atoms with Gasteiger partial charge in [0.25, 0.3) is 0 Å². The lowest BCUT2D eigenvalue weighted by Crippen LogP contribution is -2.22. The van der Waals surface area contributed by atoms with Crippen LogP contribution in [-0.2, 0) is 13.6 Å². The number of terminal acetylenes is 1. The minimum absolute atomic E-state index is 0.182. The SMILES string of the molecule is C#CCn1ncn(C)c1=O. The molecular weight excluding hydrogens is 130 g/mol. The molecule has 0 amide bonds. The lowest BCUT2D eigenvalue weighted by atomic mass is 10.7. The fraction of sp³-hybridized carbons (Fsp3) is 0.333. The van der Waals surface area contributed by atoms with Crippen molar-refractivity contribution >= 4 is 0 Å². The van der Waals surface area contributed by atoms with E-state index in [1.807, 2.05) is 0 Å². The van der Waals surface area contributed by atoms with Crippen LogP contribution in [-0.4, -0.2) is 14.3 Å². The summed E-state index contributed by atoms with van der Waals surface area (Å²) in [5.74, 6) is 2.33. The first-order chi connectivity index (χ1) is 4.75. The van der Waals surface area contributed by atoms with Crippen LogP contribution in [0.1, 0.15) is 0 Å². The molecule has 0 aliphatic rings. The zero-order valence-electron chi connectivity index (χ0n) is 5.61. The van der Waals surface area contributed by atoms with Gasteiger partial charge < -0.3 is 0 Å². The van der Waals surface area contributed by atoms with Crippen LogP contribution in [0.3, 0.4) is 0 Å². The number of rotatable bonds is 1. The second kappa shape index (κ2) is 2.40. The topological polar surface area (TPSA) is 39.8 Å². The zero-order chi connectivity index (χ0) is 7.56. The molecule has 0 aliphatic carbocycles. The van der Waals surface area contributed by atoms with E-state index in [4.69, 9.17) is 6.42 Å². The summed E-state index contributed by atoms with van der Waals surface area (Å²) < 4.78 is 2.59. The third-order valence-corrected chi connectivity index (χ3v) is 1.13. The number of aryl methyl sites for hydroxylation is 1. The lowest BCUT2D eigenvalue weighted by Gasteiger charge is -1.86. The largest absolute Gasteiger partial charge is 0.346 e. The van der Waals surface area contributed by atoms with Crippen molar-refractivity contribution in [3.8, 4) is 12.3 Å². The van der Waals surface area contributed by atoms with E-state index in [9.17, 15) is 4.79 Å². The van der Waals surface area contributed by atoms with Crippen LogP contribution in [0.2, 0.25) is 0 Å². The predicted octanol–water partition coefficient (Wildman–Crippen LogP) is -0.785. The van der Waals surface area contributed by atoms with Crippen molar-refractivity contribution in [3.63, 3.8) is 0 Å². The summed E-state index contributed by atoms with van der Waals surface area (Å²) in [6.45, 7) is 0.236. The normalized spacial score (nSPS) is 9.20. The summed E-state index contributed by atoms with van der Waals surface area (Å²) in [7, 11) is 1.63. The Morgan fingerprint density at radius 1 is 1.90 bits per heavy atom. The number of nitrogens with zero attached hydrogens (tertiary/aromatic N) is 3. The van der Waals surface area contributed by atoms with Crippen molar-refractivity contribution < 1.29 is 0 Å². The Labute approximate surface area is 58.1 Å². The molecule has 1 aromatic rings. The van der Waals surface area contributed by atoms with Crippen LogP contribution >= 0.6 is 0 Å². The first-order valence-corrected chi connectivity index (χ1v) is 2.77. The van der Waals surface area contributed by atoms with Crippen LogP contribution in [0.4, 0.5) is 0 Å². The van der Waals surface area contributed by atoms with Gasteiger partial charge in [-0.15, -0.1) is 6.42 Å². The highest BCUT2D eigenvalue weighted by atomic mass is 16.2. The maximum Gasteiger partial charge on any atom is 0.346 e. The van der Waals surface area contributed by atoms with Crippen molar-refractivity contribution in [1.82, 2.24) is 14.3 Å². The average Bonchev–Trinajstić information content (AvgIpc) is 2.20. The highest BCUT2D eigenvalue weighted by molar-refractivity contribution is 4.84. The van der Waals surface area contributed by atoms with E-state index in [-0.39, 0.29) is 12.2 Å². The van der Waals surface area contributed by atoms with E-state index < -0.39 is 0 Å². The van der Waals surface area contributed by atoms with Crippen molar-refractivity contribution in [2.75, 3.05) is 0 Å². The molecule has 4 heteroatoms. The number of aromatic nitrogens is 3. The lowest BCUT2D eigenvalue weighted by molar-refractivity contribution is 0.671. The van der Waals surface area contributed by atoms with Gasteiger partial charge in [-0.25, -0.2) is 9.48 Å². The minimum Gasteiger partial charge on any atom is -0.285 e. The monoisotopic (exact) mass is 137 g/mol. The van der Waals surface area contributed by atoms with Gasteiger partial charge in [0.05, 0.1) is 0 Å². The maximum absolute atomic E-state index is 10.9. The van der Waals surface area contributed by atoms with Gasteiger partial charge in [-0.1, -0.05) is 5.92 Å². The molecule has 4 nitrogen and oxygen atoms in total. The highest BCUT2D eigenvalue weighted by Gasteiger charge is 1.96. The first kappa shape index (κ1) is 6.62. The Morgan fingerprint density at radius 3 is 3.00 bits per heavy atom. The second-order valence-electron chi connectivity index (χ2n) is 1.89. The van der Waals surface area contributed by atoms with Gasteiger partial charge in [0, 0.05) is 7.05 Å². The predicted molar refractivity (Wildman–Crippen MR) is 36.3 cm³/mol. The van der Waals surface area contributed by atoms with Crippen LogP contribution < -0.4 is 5.69 Å². The Hall–Kier alpha value is -1.50. The fourth-order valence-corrected chi connectivity index (χ4v) is 0.616. The molecular formula is C6H7N3O. The third kappa shape index (κ3) is 0.935. The van der Waals surface area contributed by atoms with Crippen LogP contribution in [0.15, 0.2) is 11.1 Å². The van der Waals surface area contributed by atoms with Crippen molar-refractivity contribution in [2.45, 2.75) is 6.54 Å². The highest BCUT2D eigenvalue weighted by Crippen LogP contribution is 1.72. The van der Waals surface area contributed by atoms with E-state index >= 15 is 0 Å². The summed E-state index contributed by atoms with van der Waals surface area (Å²) in [6.07, 6.45) is 6.41. The van der Waals surface area contributed by atoms with E-state index in [1.165, 1.54) is 15.6 Å². The molecule has 0 N–H and O–H groups in total. The molecule has 0 saturated heterocycles. The molecule has 1 aromatic heterocycles. The molecule has 10 heavy (non-hydrogen) atoms. The summed E-state index contributed by atoms with van der Waals surface area (Å²) in [5, 5.41) is 3.73. The number of hydrogen-bond acceptors (Lipinski definition) is 2. The Balaban J connectivity index is 3.09. The summed E-state index contributed by atoms with van der Waals surface area (Å²) in [4.78, 5) is 10.9. The first-order valence-electron chi connectivity index (χ1n) is 2.77.